The molecule has 0 N–H and O–H groups in total. The lowest BCUT2D eigenvalue weighted by molar-refractivity contribution is 0.410. The van der Waals surface area contributed by atoms with E-state index in [9.17, 15) is 0 Å². The molecule has 0 aliphatic rings. The summed E-state index contributed by atoms with van der Waals surface area (Å²) < 4.78 is 6.69. The lowest BCUT2D eigenvalue weighted by Crippen LogP contribution is -1.89. The Bertz CT molecular complexity index is 344. The van der Waals surface area contributed by atoms with Gasteiger partial charge in [0.2, 0.25) is 0 Å². The number of rotatable bonds is 1. The van der Waals surface area contributed by atoms with E-state index in [0.29, 0.717) is 11.3 Å². The first-order valence-corrected chi connectivity index (χ1v) is 4.71. The molecule has 0 fully saturated rings. The summed E-state index contributed by atoms with van der Waals surface area (Å²) in [6.45, 7) is 0. The van der Waals surface area contributed by atoms with Crippen molar-refractivity contribution in [3.8, 4) is 11.8 Å². The van der Waals surface area contributed by atoms with Crippen LogP contribution in [0.5, 0.6) is 5.75 Å². The highest BCUT2D eigenvalue weighted by molar-refractivity contribution is 9.13. The molecule has 0 bridgehead atoms. The predicted octanol–water partition coefficient (Wildman–Crippen LogP) is 3.09. The average Bonchev–Trinajstić information content (AvgIpc) is 2.09. The number of nitrogens with zero attached hydrogens (tertiary/aromatic N) is 1. The number of benzene rings is 1. The van der Waals surface area contributed by atoms with Crippen LogP contribution >= 0.6 is 31.9 Å². The molecule has 12 heavy (non-hydrogen) atoms. The second-order valence-electron chi connectivity index (χ2n) is 2.05. The van der Waals surface area contributed by atoms with Crippen LogP contribution in [0.1, 0.15) is 5.56 Å². The van der Waals surface area contributed by atoms with Gasteiger partial charge >= 0.3 is 0 Å². The topological polar surface area (TPSA) is 33.0 Å². The Kier molecular flexibility index (Phi) is 3.12. The minimum atomic E-state index is 0.521. The summed E-state index contributed by atoms with van der Waals surface area (Å²) in [5, 5.41) is 8.70. The van der Waals surface area contributed by atoms with Gasteiger partial charge in [0.25, 0.3) is 0 Å². The maximum Gasteiger partial charge on any atom is 0.151 e. The first-order valence-electron chi connectivity index (χ1n) is 3.12. The van der Waals surface area contributed by atoms with Crippen molar-refractivity contribution in [1.82, 2.24) is 0 Å². The molecular weight excluding hydrogens is 286 g/mol. The van der Waals surface area contributed by atoms with E-state index in [1.807, 2.05) is 6.07 Å². The Morgan fingerprint density at radius 2 is 2.08 bits per heavy atom. The van der Waals surface area contributed by atoms with Crippen molar-refractivity contribution in [3.63, 3.8) is 0 Å². The molecule has 0 atom stereocenters. The highest BCUT2D eigenvalue weighted by Crippen LogP contribution is 2.34. The molecule has 4 heteroatoms. The number of nitriles is 1. The monoisotopic (exact) mass is 289 g/mol. The third-order valence-corrected chi connectivity index (χ3v) is 3.35. The van der Waals surface area contributed by atoms with Crippen molar-refractivity contribution in [1.29, 1.82) is 5.26 Å². The van der Waals surface area contributed by atoms with E-state index < -0.39 is 0 Å². The lowest BCUT2D eigenvalue weighted by Gasteiger charge is -2.05. The van der Waals surface area contributed by atoms with Crippen LogP contribution in [-0.4, -0.2) is 7.11 Å². The zero-order valence-corrected chi connectivity index (χ0v) is 9.44. The highest BCUT2D eigenvalue weighted by atomic mass is 79.9. The molecule has 0 saturated carbocycles. The smallest absolute Gasteiger partial charge is 0.151 e. The van der Waals surface area contributed by atoms with E-state index in [0.717, 1.165) is 8.95 Å². The molecule has 0 saturated heterocycles. The van der Waals surface area contributed by atoms with Crippen LogP contribution in [0, 0.1) is 11.3 Å². The van der Waals surface area contributed by atoms with Gasteiger partial charge in [-0.2, -0.15) is 5.26 Å². The Balaban J connectivity index is 3.38. The summed E-state index contributed by atoms with van der Waals surface area (Å²) in [7, 11) is 1.54. The Morgan fingerprint density at radius 1 is 1.42 bits per heavy atom. The molecule has 0 radical (unpaired) electrons. The number of methoxy groups -OCH3 is 1. The van der Waals surface area contributed by atoms with Gasteiger partial charge in [0, 0.05) is 4.47 Å². The summed E-state index contributed by atoms with van der Waals surface area (Å²) in [6.07, 6.45) is 0. The number of halogens is 2. The van der Waals surface area contributed by atoms with Gasteiger partial charge in [0.05, 0.1) is 17.1 Å². The van der Waals surface area contributed by atoms with Gasteiger partial charge in [-0.05, 0) is 44.0 Å². The van der Waals surface area contributed by atoms with E-state index in [1.165, 1.54) is 7.11 Å². The van der Waals surface area contributed by atoms with Crippen molar-refractivity contribution < 1.29 is 4.74 Å². The van der Waals surface area contributed by atoms with Crippen molar-refractivity contribution in [2.24, 2.45) is 0 Å². The molecule has 0 heterocycles. The fourth-order valence-electron chi connectivity index (χ4n) is 0.820. The van der Waals surface area contributed by atoms with Crippen LogP contribution < -0.4 is 4.74 Å². The Hall–Kier alpha value is -0.530. The second-order valence-corrected chi connectivity index (χ2v) is 3.70. The van der Waals surface area contributed by atoms with Gasteiger partial charge in [0.1, 0.15) is 6.07 Å². The van der Waals surface area contributed by atoms with E-state index >= 15 is 0 Å². The van der Waals surface area contributed by atoms with Crippen LogP contribution in [0.4, 0.5) is 0 Å². The van der Waals surface area contributed by atoms with Crippen molar-refractivity contribution >= 4 is 31.9 Å². The van der Waals surface area contributed by atoms with Crippen LogP contribution in [0.2, 0.25) is 0 Å². The first kappa shape index (κ1) is 9.56. The predicted molar refractivity (Wildman–Crippen MR) is 53.1 cm³/mol. The van der Waals surface area contributed by atoms with E-state index in [4.69, 9.17) is 10.00 Å². The summed E-state index contributed by atoms with van der Waals surface area (Å²) >= 11 is 6.62. The van der Waals surface area contributed by atoms with Crippen LogP contribution in [0.3, 0.4) is 0 Å². The fraction of sp³-hybridized carbons (Fsp3) is 0.125. The van der Waals surface area contributed by atoms with Gasteiger partial charge in [-0.3, -0.25) is 0 Å². The molecule has 1 aromatic rings. The largest absolute Gasteiger partial charge is 0.494 e. The maximum atomic E-state index is 8.70. The number of hydrogen-bond acceptors (Lipinski definition) is 2. The van der Waals surface area contributed by atoms with Crippen molar-refractivity contribution in [2.45, 2.75) is 0 Å². The third-order valence-electron chi connectivity index (χ3n) is 1.37. The van der Waals surface area contributed by atoms with Gasteiger partial charge < -0.3 is 4.74 Å². The SMILES string of the molecule is COc1c(C#N)ccc(Br)c1Br. The molecule has 0 unspecified atom stereocenters. The maximum absolute atomic E-state index is 8.70. The van der Waals surface area contributed by atoms with Gasteiger partial charge in [-0.25, -0.2) is 0 Å². The average molecular weight is 291 g/mol. The Labute approximate surface area is 87.4 Å². The molecule has 1 rings (SSSR count). The summed E-state index contributed by atoms with van der Waals surface area (Å²) in [4.78, 5) is 0. The summed E-state index contributed by atoms with van der Waals surface area (Å²) in [5.74, 6) is 0.562. The highest BCUT2D eigenvalue weighted by Gasteiger charge is 2.09. The second kappa shape index (κ2) is 3.92. The normalized spacial score (nSPS) is 9.17. The molecule has 1 aromatic carbocycles. The van der Waals surface area contributed by atoms with Gasteiger partial charge in [-0.1, -0.05) is 0 Å². The molecule has 0 spiro atoms. The minimum Gasteiger partial charge on any atom is -0.494 e. The summed E-state index contributed by atoms with van der Waals surface area (Å²) in [6, 6.07) is 5.54. The van der Waals surface area contributed by atoms with Gasteiger partial charge in [0.15, 0.2) is 5.75 Å². The minimum absolute atomic E-state index is 0.521. The van der Waals surface area contributed by atoms with E-state index in [2.05, 4.69) is 31.9 Å². The zero-order chi connectivity index (χ0) is 9.14. The first-order chi connectivity index (χ1) is 5.70. The quantitative estimate of drug-likeness (QED) is 0.796. The standard InChI is InChI=1S/C8H5Br2NO/c1-12-8-5(4-11)2-3-6(9)7(8)10/h2-3H,1H3. The van der Waals surface area contributed by atoms with Crippen LogP contribution in [-0.2, 0) is 0 Å². The van der Waals surface area contributed by atoms with E-state index in [1.54, 1.807) is 12.1 Å². The molecule has 2 nitrogen and oxygen atoms in total. The molecule has 0 aliphatic heterocycles. The van der Waals surface area contributed by atoms with Crippen LogP contribution in [0.25, 0.3) is 0 Å². The van der Waals surface area contributed by atoms with Crippen LogP contribution in [0.15, 0.2) is 21.1 Å². The molecular formula is C8H5Br2NO. The zero-order valence-electron chi connectivity index (χ0n) is 6.27. The fourth-order valence-corrected chi connectivity index (χ4v) is 1.64. The third kappa shape index (κ3) is 1.62. The molecule has 62 valence electrons. The molecule has 0 aromatic heterocycles. The Morgan fingerprint density at radius 3 is 2.58 bits per heavy atom. The van der Waals surface area contributed by atoms with Gasteiger partial charge in [-0.15, -0.1) is 0 Å². The molecule has 0 amide bonds. The van der Waals surface area contributed by atoms with Crippen molar-refractivity contribution in [3.05, 3.63) is 26.6 Å². The summed E-state index contributed by atoms with van der Waals surface area (Å²) in [5.41, 5.74) is 0.521. The lowest BCUT2D eigenvalue weighted by atomic mass is 10.2. The number of ether oxygens (including phenoxy) is 1. The van der Waals surface area contributed by atoms with E-state index in [-0.39, 0.29) is 0 Å². The number of hydrogen-bond donors (Lipinski definition) is 0. The van der Waals surface area contributed by atoms with Crippen molar-refractivity contribution in [2.75, 3.05) is 7.11 Å². The molecule has 0 aliphatic carbocycles.